The van der Waals surface area contributed by atoms with Crippen molar-refractivity contribution in [2.45, 2.75) is 31.2 Å². The van der Waals surface area contributed by atoms with E-state index in [9.17, 15) is 13.2 Å². The van der Waals surface area contributed by atoms with Crippen LogP contribution in [0, 0.1) is 5.92 Å². The van der Waals surface area contributed by atoms with E-state index >= 15 is 0 Å². The Labute approximate surface area is 192 Å². The van der Waals surface area contributed by atoms with E-state index in [4.69, 9.17) is 9.57 Å². The minimum Gasteiger partial charge on any atom is -0.497 e. The highest BCUT2D eigenvalue weighted by Crippen LogP contribution is 2.25. The van der Waals surface area contributed by atoms with Gasteiger partial charge in [0.15, 0.2) is 6.61 Å². The Balaban J connectivity index is 1.42. The Hall–Kier alpha value is -3.18. The molecule has 2 aromatic carbocycles. The third-order valence-corrected chi connectivity index (χ3v) is 7.45. The molecule has 33 heavy (non-hydrogen) atoms. The van der Waals surface area contributed by atoms with Gasteiger partial charge in [0, 0.05) is 19.6 Å². The fourth-order valence-corrected chi connectivity index (χ4v) is 5.42. The number of rotatable bonds is 8. The quantitative estimate of drug-likeness (QED) is 0.528. The monoisotopic (exact) mass is 473 g/mol. The number of amides is 1. The first-order chi connectivity index (χ1) is 15.9. The second-order valence-corrected chi connectivity index (χ2v) is 10.1. The zero-order chi connectivity index (χ0) is 23.4. The molecule has 0 saturated carbocycles. The number of piperidine rings is 1. The highest BCUT2D eigenvalue weighted by atomic mass is 32.2. The molecule has 176 valence electrons. The molecule has 1 N–H and O–H groups in total. The maximum absolute atomic E-state index is 13.1. The maximum Gasteiger partial charge on any atom is 0.261 e. The highest BCUT2D eigenvalue weighted by molar-refractivity contribution is 7.89. The van der Waals surface area contributed by atoms with Crippen molar-refractivity contribution in [1.82, 2.24) is 24.8 Å². The highest BCUT2D eigenvalue weighted by Gasteiger charge is 2.29. The van der Waals surface area contributed by atoms with Gasteiger partial charge in [0.1, 0.15) is 16.8 Å². The Bertz CT molecular complexity index is 1240. The van der Waals surface area contributed by atoms with Crippen LogP contribution in [0.2, 0.25) is 0 Å². The van der Waals surface area contributed by atoms with Crippen LogP contribution in [0.3, 0.4) is 0 Å². The summed E-state index contributed by atoms with van der Waals surface area (Å²) in [5.41, 5.74) is 1.73. The predicted molar refractivity (Wildman–Crippen MR) is 121 cm³/mol. The molecule has 1 aliphatic heterocycles. The van der Waals surface area contributed by atoms with E-state index < -0.39 is 10.0 Å². The summed E-state index contributed by atoms with van der Waals surface area (Å²) in [6, 6.07) is 12.0. The van der Waals surface area contributed by atoms with Gasteiger partial charge in [-0.2, -0.15) is 4.31 Å². The molecule has 0 aliphatic carbocycles. The van der Waals surface area contributed by atoms with Crippen LogP contribution in [0.5, 0.6) is 5.75 Å². The van der Waals surface area contributed by atoms with Gasteiger partial charge < -0.3 is 14.9 Å². The molecule has 0 spiro atoms. The van der Waals surface area contributed by atoms with Crippen LogP contribution < -0.4 is 14.9 Å². The van der Waals surface area contributed by atoms with Gasteiger partial charge in [0.05, 0.1) is 12.0 Å². The number of aromatic nitrogens is 3. The largest absolute Gasteiger partial charge is 0.497 e. The summed E-state index contributed by atoms with van der Waals surface area (Å²) < 4.78 is 32.9. The first-order valence-corrected chi connectivity index (χ1v) is 12.2. The fraction of sp³-hybridized carbons (Fsp3) is 0.409. The number of carbonyl (C=O) groups excluding carboxylic acids is 1. The number of methoxy groups -OCH3 is 1. The van der Waals surface area contributed by atoms with Crippen LogP contribution in [0.15, 0.2) is 47.4 Å². The van der Waals surface area contributed by atoms with Gasteiger partial charge in [-0.3, -0.25) is 4.79 Å². The van der Waals surface area contributed by atoms with Crippen LogP contribution in [0.4, 0.5) is 0 Å². The maximum atomic E-state index is 13.1. The Kier molecular flexibility index (Phi) is 6.80. The summed E-state index contributed by atoms with van der Waals surface area (Å²) in [6.45, 7) is 3.07. The van der Waals surface area contributed by atoms with Gasteiger partial charge in [0.25, 0.3) is 5.91 Å². The van der Waals surface area contributed by atoms with Crippen molar-refractivity contribution in [3.63, 3.8) is 0 Å². The summed E-state index contributed by atoms with van der Waals surface area (Å²) in [5, 5.41) is 10.6. The molecule has 4 rings (SSSR count). The van der Waals surface area contributed by atoms with Crippen molar-refractivity contribution in [1.29, 1.82) is 0 Å². The van der Waals surface area contributed by atoms with Crippen LogP contribution >= 0.6 is 0 Å². The molecule has 1 fully saturated rings. The standard InChI is InChI=1S/C22H27N5O5S/c1-16-5-4-10-26(14-16)33(29,30)19-8-9-20-21(12-19)27(25-24-20)32-15-22(28)23-13-17-6-3-7-18(11-17)31-2/h3,6-9,11-12,16H,4-5,10,13-15H2,1-2H3,(H,23,28). The molecule has 11 heteroatoms. The van der Waals surface area contributed by atoms with Crippen LogP contribution in [0.25, 0.3) is 11.0 Å². The number of ether oxygens (including phenoxy) is 1. The van der Waals surface area contributed by atoms with Gasteiger partial charge in [-0.25, -0.2) is 8.42 Å². The van der Waals surface area contributed by atoms with Gasteiger partial charge in [-0.05, 0) is 59.9 Å². The fourth-order valence-electron chi connectivity index (χ4n) is 3.80. The van der Waals surface area contributed by atoms with Gasteiger partial charge in [-0.15, -0.1) is 5.10 Å². The lowest BCUT2D eigenvalue weighted by atomic mass is 10.0. The van der Waals surface area contributed by atoms with Crippen LogP contribution in [-0.4, -0.2) is 60.6 Å². The Morgan fingerprint density at radius 2 is 2.09 bits per heavy atom. The van der Waals surface area contributed by atoms with E-state index in [0.717, 1.165) is 23.3 Å². The molecular weight excluding hydrogens is 446 g/mol. The normalized spacial score (nSPS) is 17.1. The lowest BCUT2D eigenvalue weighted by molar-refractivity contribution is -0.126. The molecule has 0 bridgehead atoms. The molecule has 1 amide bonds. The van der Waals surface area contributed by atoms with Crippen molar-refractivity contribution < 1.29 is 22.8 Å². The number of sulfonamides is 1. The smallest absolute Gasteiger partial charge is 0.261 e. The molecule has 3 aromatic rings. The van der Waals surface area contributed by atoms with E-state index in [0.29, 0.717) is 42.3 Å². The van der Waals surface area contributed by atoms with Gasteiger partial charge in [0.2, 0.25) is 10.0 Å². The van der Waals surface area contributed by atoms with E-state index in [-0.39, 0.29) is 17.4 Å². The lowest BCUT2D eigenvalue weighted by Gasteiger charge is -2.30. The second kappa shape index (κ2) is 9.75. The Morgan fingerprint density at radius 3 is 2.88 bits per heavy atom. The minimum absolute atomic E-state index is 0.152. The molecular formula is C22H27N5O5S. The summed E-state index contributed by atoms with van der Waals surface area (Å²) in [7, 11) is -2.06. The molecule has 1 unspecified atom stereocenters. The van der Waals surface area contributed by atoms with Crippen LogP contribution in [-0.2, 0) is 21.4 Å². The zero-order valence-electron chi connectivity index (χ0n) is 18.6. The topological polar surface area (TPSA) is 116 Å². The van der Waals surface area contributed by atoms with E-state index in [2.05, 4.69) is 22.6 Å². The molecule has 10 nitrogen and oxygen atoms in total. The summed E-state index contributed by atoms with van der Waals surface area (Å²) in [5.74, 6) is 0.674. The van der Waals surface area contributed by atoms with Crippen molar-refractivity contribution >= 4 is 27.0 Å². The third-order valence-electron chi connectivity index (χ3n) is 5.59. The SMILES string of the molecule is COc1cccc(CNC(=O)COn2nnc3ccc(S(=O)(=O)N4CCCC(C)C4)cc32)c1. The molecule has 2 heterocycles. The van der Waals surface area contributed by atoms with Gasteiger partial charge >= 0.3 is 0 Å². The van der Waals surface area contributed by atoms with Crippen molar-refractivity contribution in [2.24, 2.45) is 5.92 Å². The first-order valence-electron chi connectivity index (χ1n) is 10.8. The van der Waals surface area contributed by atoms with Gasteiger partial charge in [-0.1, -0.05) is 23.9 Å². The number of fused-ring (bicyclic) bond motifs is 1. The first kappa shape index (κ1) is 23.0. The minimum atomic E-state index is -3.64. The molecule has 1 aliphatic rings. The summed E-state index contributed by atoms with van der Waals surface area (Å²) in [6.07, 6.45) is 1.87. The van der Waals surface area contributed by atoms with Crippen molar-refractivity contribution in [2.75, 3.05) is 26.8 Å². The van der Waals surface area contributed by atoms with E-state index in [1.54, 1.807) is 13.2 Å². The molecule has 1 aromatic heterocycles. The zero-order valence-corrected chi connectivity index (χ0v) is 19.4. The lowest BCUT2D eigenvalue weighted by Crippen LogP contribution is -2.39. The average Bonchev–Trinajstić information content (AvgIpc) is 3.24. The summed E-state index contributed by atoms with van der Waals surface area (Å²) in [4.78, 5) is 18.9. The number of hydrogen-bond acceptors (Lipinski definition) is 7. The van der Waals surface area contributed by atoms with E-state index in [1.807, 2.05) is 24.3 Å². The number of nitrogens with zero attached hydrogens (tertiary/aromatic N) is 4. The number of carbonyl (C=O) groups is 1. The Morgan fingerprint density at radius 1 is 1.24 bits per heavy atom. The third kappa shape index (κ3) is 5.25. The number of benzene rings is 2. The second-order valence-electron chi connectivity index (χ2n) is 8.13. The predicted octanol–water partition coefficient (Wildman–Crippen LogP) is 1.61. The number of nitrogens with one attached hydrogen (secondary N) is 1. The molecule has 1 atom stereocenters. The summed E-state index contributed by atoms with van der Waals surface area (Å²) >= 11 is 0. The average molecular weight is 474 g/mol. The van der Waals surface area contributed by atoms with E-state index in [1.165, 1.54) is 16.4 Å². The molecule has 0 radical (unpaired) electrons. The van der Waals surface area contributed by atoms with Crippen molar-refractivity contribution in [3.8, 4) is 5.75 Å². The van der Waals surface area contributed by atoms with Crippen molar-refractivity contribution in [3.05, 3.63) is 48.0 Å². The molecule has 1 saturated heterocycles. The van der Waals surface area contributed by atoms with Crippen LogP contribution in [0.1, 0.15) is 25.3 Å². The number of hydrogen-bond donors (Lipinski definition) is 1.